The van der Waals surface area contributed by atoms with Crippen molar-refractivity contribution < 1.29 is 4.79 Å². The van der Waals surface area contributed by atoms with Crippen molar-refractivity contribution in [1.82, 2.24) is 9.78 Å². The first-order chi connectivity index (χ1) is 12.2. The molecule has 1 aliphatic carbocycles. The van der Waals surface area contributed by atoms with Crippen molar-refractivity contribution in [2.45, 2.75) is 25.7 Å². The Morgan fingerprint density at radius 3 is 2.60 bits per heavy atom. The molecule has 3 aromatic rings. The highest BCUT2D eigenvalue weighted by Crippen LogP contribution is 2.31. The zero-order valence-corrected chi connectivity index (χ0v) is 15.3. The number of carbonyl (C=O) groups is 1. The number of anilines is 1. The summed E-state index contributed by atoms with van der Waals surface area (Å²) in [4.78, 5) is 12.6. The van der Waals surface area contributed by atoms with E-state index in [1.807, 2.05) is 59.3 Å². The molecule has 0 unspecified atom stereocenters. The van der Waals surface area contributed by atoms with E-state index >= 15 is 0 Å². The summed E-state index contributed by atoms with van der Waals surface area (Å²) in [5.41, 5.74) is 4.23. The van der Waals surface area contributed by atoms with E-state index in [0.29, 0.717) is 6.42 Å². The van der Waals surface area contributed by atoms with Crippen LogP contribution in [0.15, 0.2) is 59.1 Å². The second-order valence-electron chi connectivity index (χ2n) is 6.23. The Hall–Kier alpha value is -2.40. The fourth-order valence-corrected chi connectivity index (χ4v) is 3.50. The van der Waals surface area contributed by atoms with Crippen LogP contribution in [0, 0.1) is 0 Å². The van der Waals surface area contributed by atoms with Gasteiger partial charge in [-0.3, -0.25) is 4.79 Å². The predicted octanol–water partition coefficient (Wildman–Crippen LogP) is 4.30. The predicted molar refractivity (Wildman–Crippen MR) is 102 cm³/mol. The third-order valence-electron chi connectivity index (χ3n) is 4.44. The molecule has 0 radical (unpaired) electrons. The Labute approximate surface area is 155 Å². The number of aromatic nitrogens is 2. The normalized spacial score (nSPS) is 12.8. The molecule has 0 bridgehead atoms. The molecule has 4 rings (SSSR count). The molecule has 1 heterocycles. The van der Waals surface area contributed by atoms with Crippen LogP contribution in [0.4, 0.5) is 5.82 Å². The Balaban J connectivity index is 1.61. The van der Waals surface area contributed by atoms with Crippen molar-refractivity contribution in [2.75, 3.05) is 5.32 Å². The summed E-state index contributed by atoms with van der Waals surface area (Å²) >= 11 is 3.42. The van der Waals surface area contributed by atoms with Gasteiger partial charge in [-0.25, -0.2) is 4.68 Å². The third-order valence-corrected chi connectivity index (χ3v) is 4.97. The topological polar surface area (TPSA) is 46.9 Å². The number of carbonyl (C=O) groups excluding carboxylic acids is 1. The Kier molecular flexibility index (Phi) is 4.40. The first-order valence-corrected chi connectivity index (χ1v) is 9.20. The SMILES string of the molecule is O=C(Cc1ccc(Br)cc1)Nc1c2c(nn1-c1ccccc1)CCC2. The molecule has 126 valence electrons. The lowest BCUT2D eigenvalue weighted by Crippen LogP contribution is -2.18. The first-order valence-electron chi connectivity index (χ1n) is 8.41. The minimum Gasteiger partial charge on any atom is -0.310 e. The van der Waals surface area contributed by atoms with Crippen molar-refractivity contribution in [3.8, 4) is 5.69 Å². The smallest absolute Gasteiger partial charge is 0.229 e. The average molecular weight is 396 g/mol. The number of nitrogens with zero attached hydrogens (tertiary/aromatic N) is 2. The number of nitrogens with one attached hydrogen (secondary N) is 1. The lowest BCUT2D eigenvalue weighted by molar-refractivity contribution is -0.115. The summed E-state index contributed by atoms with van der Waals surface area (Å²) < 4.78 is 2.88. The van der Waals surface area contributed by atoms with Gasteiger partial charge in [0.1, 0.15) is 5.82 Å². The van der Waals surface area contributed by atoms with E-state index in [1.54, 1.807) is 0 Å². The molecular formula is C20H18BrN3O. The zero-order valence-electron chi connectivity index (χ0n) is 13.7. The van der Waals surface area contributed by atoms with Gasteiger partial charge in [0, 0.05) is 10.0 Å². The van der Waals surface area contributed by atoms with Gasteiger partial charge in [-0.1, -0.05) is 46.3 Å². The van der Waals surface area contributed by atoms with E-state index in [2.05, 4.69) is 21.2 Å². The van der Waals surface area contributed by atoms with E-state index in [1.165, 1.54) is 5.56 Å². The van der Waals surface area contributed by atoms with Crippen LogP contribution >= 0.6 is 15.9 Å². The quantitative estimate of drug-likeness (QED) is 0.715. The molecule has 4 nitrogen and oxygen atoms in total. The zero-order chi connectivity index (χ0) is 17.2. The van der Waals surface area contributed by atoms with Gasteiger partial charge in [-0.15, -0.1) is 0 Å². The summed E-state index contributed by atoms with van der Waals surface area (Å²) in [6.45, 7) is 0. The van der Waals surface area contributed by atoms with Crippen molar-refractivity contribution in [3.63, 3.8) is 0 Å². The summed E-state index contributed by atoms with van der Waals surface area (Å²) in [7, 11) is 0. The van der Waals surface area contributed by atoms with Crippen molar-refractivity contribution in [1.29, 1.82) is 0 Å². The minimum atomic E-state index is -0.0193. The number of rotatable bonds is 4. The van der Waals surface area contributed by atoms with Gasteiger partial charge >= 0.3 is 0 Å². The molecule has 0 atom stereocenters. The molecule has 0 saturated heterocycles. The number of halogens is 1. The molecule has 0 fully saturated rings. The number of hydrogen-bond donors (Lipinski definition) is 1. The van der Waals surface area contributed by atoms with Crippen LogP contribution < -0.4 is 5.32 Å². The van der Waals surface area contributed by atoms with Gasteiger partial charge in [0.25, 0.3) is 0 Å². The number of hydrogen-bond acceptors (Lipinski definition) is 2. The summed E-state index contributed by atoms with van der Waals surface area (Å²) in [6.07, 6.45) is 3.39. The number of fused-ring (bicyclic) bond motifs is 1. The molecule has 25 heavy (non-hydrogen) atoms. The molecule has 1 amide bonds. The maximum atomic E-state index is 12.6. The molecule has 1 aliphatic rings. The fraction of sp³-hybridized carbons (Fsp3) is 0.200. The van der Waals surface area contributed by atoms with Crippen LogP contribution in [0.5, 0.6) is 0 Å². The molecule has 2 aromatic carbocycles. The van der Waals surface area contributed by atoms with E-state index in [9.17, 15) is 4.79 Å². The standard InChI is InChI=1S/C20H18BrN3O/c21-15-11-9-14(10-12-15)13-19(25)22-20-17-7-4-8-18(17)23-24(20)16-5-2-1-3-6-16/h1-3,5-6,9-12H,4,7-8,13H2,(H,22,25). The summed E-state index contributed by atoms with van der Waals surface area (Å²) in [5.74, 6) is 0.801. The molecule has 0 aliphatic heterocycles. The van der Waals surface area contributed by atoms with Crippen LogP contribution in [0.25, 0.3) is 5.69 Å². The van der Waals surface area contributed by atoms with Crippen LogP contribution in [-0.4, -0.2) is 15.7 Å². The Morgan fingerprint density at radius 2 is 1.84 bits per heavy atom. The third kappa shape index (κ3) is 3.37. The molecule has 5 heteroatoms. The maximum Gasteiger partial charge on any atom is 0.229 e. The maximum absolute atomic E-state index is 12.6. The minimum absolute atomic E-state index is 0.0193. The van der Waals surface area contributed by atoms with E-state index in [-0.39, 0.29) is 5.91 Å². The molecule has 0 spiro atoms. The van der Waals surface area contributed by atoms with Gasteiger partial charge in [0.2, 0.25) is 5.91 Å². The van der Waals surface area contributed by atoms with Crippen molar-refractivity contribution in [3.05, 3.63) is 75.9 Å². The number of benzene rings is 2. The van der Waals surface area contributed by atoms with Crippen LogP contribution in [0.2, 0.25) is 0 Å². The lowest BCUT2D eigenvalue weighted by atomic mass is 10.1. The second-order valence-corrected chi connectivity index (χ2v) is 7.14. The molecule has 0 saturated carbocycles. The number of amides is 1. The van der Waals surface area contributed by atoms with Gasteiger partial charge in [0.05, 0.1) is 17.8 Å². The van der Waals surface area contributed by atoms with Gasteiger partial charge in [-0.05, 0) is 49.1 Å². The lowest BCUT2D eigenvalue weighted by Gasteiger charge is -2.11. The summed E-state index contributed by atoms with van der Waals surface area (Å²) in [5, 5.41) is 7.83. The highest BCUT2D eigenvalue weighted by Gasteiger charge is 2.24. The molecule has 1 aromatic heterocycles. The molecule has 1 N–H and O–H groups in total. The van der Waals surface area contributed by atoms with Gasteiger partial charge in [-0.2, -0.15) is 5.10 Å². The van der Waals surface area contributed by atoms with Crippen LogP contribution in [0.3, 0.4) is 0 Å². The van der Waals surface area contributed by atoms with E-state index in [0.717, 1.165) is 46.5 Å². The first kappa shape index (κ1) is 16.1. The molecular weight excluding hydrogens is 378 g/mol. The number of aryl methyl sites for hydroxylation is 1. The average Bonchev–Trinajstić information content (AvgIpc) is 3.20. The largest absolute Gasteiger partial charge is 0.310 e. The van der Waals surface area contributed by atoms with Crippen LogP contribution in [-0.2, 0) is 24.1 Å². The van der Waals surface area contributed by atoms with Gasteiger partial charge < -0.3 is 5.32 Å². The van der Waals surface area contributed by atoms with Crippen LogP contribution in [0.1, 0.15) is 23.2 Å². The van der Waals surface area contributed by atoms with E-state index in [4.69, 9.17) is 5.10 Å². The van der Waals surface area contributed by atoms with Gasteiger partial charge in [0.15, 0.2) is 0 Å². The second kappa shape index (κ2) is 6.84. The van der Waals surface area contributed by atoms with Crippen molar-refractivity contribution in [2.24, 2.45) is 0 Å². The highest BCUT2D eigenvalue weighted by molar-refractivity contribution is 9.10. The van der Waals surface area contributed by atoms with Crippen molar-refractivity contribution >= 4 is 27.7 Å². The number of para-hydroxylation sites is 1. The Bertz CT molecular complexity index is 901. The highest BCUT2D eigenvalue weighted by atomic mass is 79.9. The summed E-state index contributed by atoms with van der Waals surface area (Å²) in [6, 6.07) is 17.8. The van der Waals surface area contributed by atoms with E-state index < -0.39 is 0 Å². The monoisotopic (exact) mass is 395 g/mol. The fourth-order valence-electron chi connectivity index (χ4n) is 3.24. The Morgan fingerprint density at radius 1 is 1.08 bits per heavy atom.